The van der Waals surface area contributed by atoms with Gasteiger partial charge < -0.3 is 14.8 Å². The third kappa shape index (κ3) is 4.43. The van der Waals surface area contributed by atoms with Crippen LogP contribution in [0.2, 0.25) is 0 Å². The molecule has 0 saturated carbocycles. The van der Waals surface area contributed by atoms with E-state index in [4.69, 9.17) is 0 Å². The monoisotopic (exact) mass is 632 g/mol. The van der Waals surface area contributed by atoms with Gasteiger partial charge in [0.05, 0.1) is 40.1 Å². The van der Waals surface area contributed by atoms with Gasteiger partial charge in [-0.1, -0.05) is 111 Å². The van der Waals surface area contributed by atoms with Crippen LogP contribution < -0.4 is 10.2 Å². The Morgan fingerprint density at radius 3 is 2.35 bits per heavy atom. The summed E-state index contributed by atoms with van der Waals surface area (Å²) in [5, 5.41) is 16.2. The zero-order chi connectivity index (χ0) is 33.3. The van der Waals surface area contributed by atoms with Gasteiger partial charge in [-0.3, -0.25) is 0 Å². The highest BCUT2D eigenvalue weighted by molar-refractivity contribution is 6.12. The molecule has 7 aromatic rings. The number of hydrogen-bond acceptors (Lipinski definition) is 3. The quantitative estimate of drug-likeness (QED) is 0.211. The van der Waals surface area contributed by atoms with E-state index in [1.54, 1.807) is 0 Å². The topological polar surface area (TPSA) is 44.0 Å². The summed E-state index contributed by atoms with van der Waals surface area (Å²) in [5.41, 5.74) is 15.1. The van der Waals surface area contributed by atoms with E-state index in [9.17, 15) is 5.26 Å². The molecule has 0 bridgehead atoms. The number of fused-ring (bicyclic) bond motifs is 7. The lowest BCUT2D eigenvalue weighted by Gasteiger charge is -2.35. The number of hydrogen-bond donors (Lipinski definition) is 1. The minimum Gasteiger partial charge on any atom is -0.381 e. The number of anilines is 1. The molecule has 6 aromatic carbocycles. The molecule has 1 unspecified atom stereocenters. The summed E-state index contributed by atoms with van der Waals surface area (Å²) in [6, 6.07) is 50.0. The smallest absolute Gasteiger partial charge is 0.0991 e. The maximum absolute atomic E-state index is 9.85. The molecule has 0 spiro atoms. The zero-order valence-corrected chi connectivity index (χ0v) is 27.9. The minimum atomic E-state index is -0.138. The van der Waals surface area contributed by atoms with Crippen molar-refractivity contribution in [3.8, 4) is 22.9 Å². The van der Waals surface area contributed by atoms with Gasteiger partial charge in [0.15, 0.2) is 0 Å². The zero-order valence-electron chi connectivity index (χ0n) is 27.9. The van der Waals surface area contributed by atoms with Crippen LogP contribution in [0.5, 0.6) is 0 Å². The molecule has 0 fully saturated rings. The molecule has 4 nitrogen and oxygen atoms in total. The van der Waals surface area contributed by atoms with Crippen LogP contribution in [-0.2, 0) is 12.0 Å². The summed E-state index contributed by atoms with van der Waals surface area (Å²) in [4.78, 5) is 2.40. The fourth-order valence-electron chi connectivity index (χ4n) is 8.32. The van der Waals surface area contributed by atoms with E-state index >= 15 is 0 Å². The van der Waals surface area contributed by atoms with Crippen LogP contribution in [0.3, 0.4) is 0 Å². The normalized spacial score (nSPS) is 17.2. The number of nitriles is 1. The van der Waals surface area contributed by atoms with Gasteiger partial charge in [-0.05, 0) is 81.4 Å². The number of aromatic nitrogens is 1. The van der Waals surface area contributed by atoms with Crippen LogP contribution in [0.25, 0.3) is 44.3 Å². The van der Waals surface area contributed by atoms with E-state index in [1.165, 1.54) is 49.6 Å². The average molecular weight is 633 g/mol. The van der Waals surface area contributed by atoms with Crippen LogP contribution >= 0.6 is 0 Å². The number of para-hydroxylation sites is 2. The first-order valence-corrected chi connectivity index (χ1v) is 17.0. The number of nitrogens with zero attached hydrogens (tertiary/aromatic N) is 3. The van der Waals surface area contributed by atoms with Gasteiger partial charge in [0.1, 0.15) is 0 Å². The van der Waals surface area contributed by atoms with Crippen LogP contribution in [0, 0.1) is 11.3 Å². The van der Waals surface area contributed by atoms with Crippen LogP contribution in [0.15, 0.2) is 140 Å². The molecule has 1 aliphatic heterocycles. The lowest BCUT2D eigenvalue weighted by Crippen LogP contribution is -2.29. The molecule has 0 amide bonds. The van der Waals surface area contributed by atoms with Gasteiger partial charge in [-0.15, -0.1) is 0 Å². The largest absolute Gasteiger partial charge is 0.381 e. The van der Waals surface area contributed by atoms with Crippen molar-refractivity contribution in [1.29, 1.82) is 5.26 Å². The molecular formula is C45H36N4. The molecule has 2 heterocycles. The third-order valence-corrected chi connectivity index (χ3v) is 10.7. The molecule has 0 radical (unpaired) electrons. The molecule has 1 aromatic heterocycles. The molecule has 1 atom stereocenters. The van der Waals surface area contributed by atoms with E-state index in [0.717, 1.165) is 28.2 Å². The minimum absolute atomic E-state index is 0.0781. The molecule has 236 valence electrons. The van der Waals surface area contributed by atoms with Crippen molar-refractivity contribution in [1.82, 2.24) is 9.88 Å². The van der Waals surface area contributed by atoms with Gasteiger partial charge in [0, 0.05) is 35.5 Å². The number of likely N-dealkylation sites (N-methyl/N-ethyl adjacent to an activating group) is 1. The predicted octanol–water partition coefficient (Wildman–Crippen LogP) is 10.3. The first-order valence-electron chi connectivity index (χ1n) is 17.0. The van der Waals surface area contributed by atoms with E-state index < -0.39 is 0 Å². The molecule has 4 heteroatoms. The van der Waals surface area contributed by atoms with Gasteiger partial charge in [0.25, 0.3) is 0 Å². The first-order chi connectivity index (χ1) is 23.9. The van der Waals surface area contributed by atoms with Crippen molar-refractivity contribution in [2.45, 2.75) is 31.8 Å². The first kappa shape index (κ1) is 29.1. The van der Waals surface area contributed by atoms with Crippen LogP contribution in [0.1, 0.15) is 53.3 Å². The molecule has 9 rings (SSSR count). The Labute approximate surface area is 287 Å². The summed E-state index contributed by atoms with van der Waals surface area (Å²) >= 11 is 0. The molecule has 1 N–H and O–H groups in total. The summed E-state index contributed by atoms with van der Waals surface area (Å²) in [7, 11) is 2.20. The van der Waals surface area contributed by atoms with Crippen molar-refractivity contribution in [3.05, 3.63) is 173 Å². The Balaban J connectivity index is 1.31. The van der Waals surface area contributed by atoms with Crippen LogP contribution in [-0.4, -0.2) is 11.6 Å². The van der Waals surface area contributed by atoms with Crippen molar-refractivity contribution in [2.24, 2.45) is 0 Å². The second kappa shape index (κ2) is 11.0. The highest BCUT2D eigenvalue weighted by Crippen LogP contribution is 2.51. The van der Waals surface area contributed by atoms with Crippen molar-refractivity contribution < 1.29 is 0 Å². The highest BCUT2D eigenvalue weighted by Gasteiger charge is 2.36. The fourth-order valence-corrected chi connectivity index (χ4v) is 8.32. The standard InChI is InChI=1S/C45H36N4/c1-45(2)37-20-9-7-18-33(37)35-25-43-36(24-38(35)45)34-19-8-10-21-40(34)49(43)41-22-12-17-32-28-47-39(30-14-5-4-6-15-30)26-42(48(3)44(32)41)31-16-11-13-29(23-31)27-46/h4-26,42,47H,28H2,1-3H3/b39-26-. The Morgan fingerprint density at radius 1 is 0.714 bits per heavy atom. The number of nitrogens with one attached hydrogen (secondary N) is 1. The molecule has 1 aliphatic carbocycles. The SMILES string of the molecule is CN1c2c(cccc2-n2c3ccccc3c3cc4c(cc32)-c2ccccc2C4(C)C)CN/C(c2ccccc2)=C\C1c1cccc(C#N)c1. The van der Waals surface area contributed by atoms with Gasteiger partial charge >= 0.3 is 0 Å². The lowest BCUT2D eigenvalue weighted by atomic mass is 9.82. The summed E-state index contributed by atoms with van der Waals surface area (Å²) in [5.74, 6) is 0. The van der Waals surface area contributed by atoms with Gasteiger partial charge in [-0.2, -0.15) is 5.26 Å². The Bertz CT molecular complexity index is 2510. The summed E-state index contributed by atoms with van der Waals surface area (Å²) in [6.07, 6.45) is 2.31. The van der Waals surface area contributed by atoms with Gasteiger partial charge in [0.2, 0.25) is 0 Å². The molecular weight excluding hydrogens is 597 g/mol. The van der Waals surface area contributed by atoms with Crippen molar-refractivity contribution >= 4 is 33.2 Å². The Morgan fingerprint density at radius 2 is 1.49 bits per heavy atom. The second-order valence-corrected chi connectivity index (χ2v) is 13.8. The predicted molar refractivity (Wildman–Crippen MR) is 202 cm³/mol. The third-order valence-electron chi connectivity index (χ3n) is 10.7. The van der Waals surface area contributed by atoms with Gasteiger partial charge in [-0.25, -0.2) is 0 Å². The molecule has 49 heavy (non-hydrogen) atoms. The van der Waals surface area contributed by atoms with E-state index in [0.29, 0.717) is 12.1 Å². The highest BCUT2D eigenvalue weighted by atomic mass is 15.2. The number of rotatable bonds is 3. The Kier molecular flexibility index (Phi) is 6.54. The summed E-state index contributed by atoms with van der Waals surface area (Å²) < 4.78 is 2.47. The van der Waals surface area contributed by atoms with E-state index in [-0.39, 0.29) is 11.5 Å². The number of benzene rings is 6. The summed E-state index contributed by atoms with van der Waals surface area (Å²) in [6.45, 7) is 5.38. The average Bonchev–Trinajstić information content (AvgIpc) is 3.58. The lowest BCUT2D eigenvalue weighted by molar-refractivity contribution is 0.661. The second-order valence-electron chi connectivity index (χ2n) is 13.8. The molecule has 0 saturated heterocycles. The van der Waals surface area contributed by atoms with E-state index in [1.807, 2.05) is 18.2 Å². The maximum atomic E-state index is 9.85. The Hall–Kier alpha value is -6.05. The van der Waals surface area contributed by atoms with E-state index in [2.05, 4.69) is 163 Å². The molecule has 2 aliphatic rings. The van der Waals surface area contributed by atoms with Crippen molar-refractivity contribution in [2.75, 3.05) is 11.9 Å². The fraction of sp³-hybridized carbons (Fsp3) is 0.133. The van der Waals surface area contributed by atoms with Crippen molar-refractivity contribution in [3.63, 3.8) is 0 Å². The maximum Gasteiger partial charge on any atom is 0.0991 e. The van der Waals surface area contributed by atoms with Crippen LogP contribution in [0.4, 0.5) is 5.69 Å².